The normalized spacial score (nSPS) is 30.2. The summed E-state index contributed by atoms with van der Waals surface area (Å²) >= 11 is 0. The van der Waals surface area contributed by atoms with Crippen LogP contribution < -0.4 is 5.73 Å². The number of nitrogens with two attached hydrogens (primary N) is 1. The molecule has 2 N–H and O–H groups in total. The van der Waals surface area contributed by atoms with Crippen molar-refractivity contribution < 1.29 is 4.52 Å². The van der Waals surface area contributed by atoms with Crippen LogP contribution in [0.2, 0.25) is 0 Å². The zero-order chi connectivity index (χ0) is 10.7. The summed E-state index contributed by atoms with van der Waals surface area (Å²) in [7, 11) is 0. The summed E-state index contributed by atoms with van der Waals surface area (Å²) in [6, 6.07) is 0. The van der Waals surface area contributed by atoms with Gasteiger partial charge in [-0.3, -0.25) is 0 Å². The molecule has 0 aliphatic heterocycles. The first-order chi connectivity index (χ1) is 7.07. The summed E-state index contributed by atoms with van der Waals surface area (Å²) in [4.78, 5) is 4.52. The topological polar surface area (TPSA) is 64.9 Å². The van der Waals surface area contributed by atoms with Crippen LogP contribution in [0.25, 0.3) is 0 Å². The van der Waals surface area contributed by atoms with Gasteiger partial charge in [0.2, 0.25) is 5.89 Å². The van der Waals surface area contributed by atoms with Crippen molar-refractivity contribution in [3.63, 3.8) is 0 Å². The van der Waals surface area contributed by atoms with Crippen LogP contribution in [0.3, 0.4) is 0 Å². The molecule has 1 aromatic heterocycles. The molecular weight excluding hydrogens is 190 g/mol. The minimum absolute atomic E-state index is 0.0320. The molecule has 4 nitrogen and oxygen atoms in total. The van der Waals surface area contributed by atoms with Gasteiger partial charge in [0.05, 0.1) is 5.41 Å². The molecule has 0 radical (unpaired) electrons. The van der Waals surface area contributed by atoms with Crippen LogP contribution in [-0.2, 0) is 5.41 Å². The average Bonchev–Trinajstić information content (AvgIpc) is 3.06. The maximum Gasteiger partial charge on any atom is 0.234 e. The molecule has 2 saturated carbocycles. The molecule has 0 saturated heterocycles. The first-order valence-electron chi connectivity index (χ1n) is 5.62. The van der Waals surface area contributed by atoms with Gasteiger partial charge >= 0.3 is 0 Å². The Morgan fingerprint density at radius 3 is 2.60 bits per heavy atom. The Bertz CT molecular complexity index is 392. The molecule has 0 spiro atoms. The third kappa shape index (κ3) is 1.31. The van der Waals surface area contributed by atoms with Crippen LogP contribution in [-0.4, -0.2) is 16.7 Å². The Labute approximate surface area is 89.2 Å². The molecule has 0 bridgehead atoms. The third-order valence-electron chi connectivity index (χ3n) is 3.96. The van der Waals surface area contributed by atoms with Crippen LogP contribution >= 0.6 is 0 Å². The molecule has 2 aliphatic carbocycles. The van der Waals surface area contributed by atoms with Gasteiger partial charge in [-0.15, -0.1) is 0 Å². The highest BCUT2D eigenvalue weighted by Gasteiger charge is 2.52. The molecule has 2 fully saturated rings. The summed E-state index contributed by atoms with van der Waals surface area (Å²) in [6.07, 6.45) is 3.36. The maximum atomic E-state index is 5.73. The Morgan fingerprint density at radius 2 is 2.13 bits per heavy atom. The highest BCUT2D eigenvalue weighted by atomic mass is 16.5. The first-order valence-corrected chi connectivity index (χ1v) is 5.62. The number of aromatic nitrogens is 2. The van der Waals surface area contributed by atoms with E-state index >= 15 is 0 Å². The molecular formula is C11H17N3O. The van der Waals surface area contributed by atoms with E-state index in [1.807, 2.05) is 0 Å². The van der Waals surface area contributed by atoms with Crippen molar-refractivity contribution >= 4 is 0 Å². The Balaban J connectivity index is 1.83. The second kappa shape index (κ2) is 2.61. The van der Waals surface area contributed by atoms with Gasteiger partial charge in [0.1, 0.15) is 0 Å². The van der Waals surface area contributed by atoms with Gasteiger partial charge in [0, 0.05) is 12.5 Å². The van der Waals surface area contributed by atoms with E-state index in [4.69, 9.17) is 10.3 Å². The summed E-state index contributed by atoms with van der Waals surface area (Å²) in [5, 5.41) is 4.09. The lowest BCUT2D eigenvalue weighted by atomic mass is 10.1. The minimum Gasteiger partial charge on any atom is -0.339 e. The first kappa shape index (κ1) is 9.33. The van der Waals surface area contributed by atoms with Gasteiger partial charge < -0.3 is 10.3 Å². The predicted molar refractivity (Wildman–Crippen MR) is 55.4 cm³/mol. The van der Waals surface area contributed by atoms with Crippen molar-refractivity contribution in [1.29, 1.82) is 0 Å². The van der Waals surface area contributed by atoms with Crippen LogP contribution in [0.15, 0.2) is 4.52 Å². The molecule has 3 rings (SSSR count). The van der Waals surface area contributed by atoms with Crippen molar-refractivity contribution in [3.8, 4) is 0 Å². The van der Waals surface area contributed by atoms with Gasteiger partial charge in [-0.05, 0) is 24.7 Å². The second-order valence-electron chi connectivity index (χ2n) is 5.69. The van der Waals surface area contributed by atoms with Crippen LogP contribution in [0.5, 0.6) is 0 Å². The van der Waals surface area contributed by atoms with Gasteiger partial charge in [-0.1, -0.05) is 19.0 Å². The molecule has 15 heavy (non-hydrogen) atoms. The molecule has 1 aromatic rings. The largest absolute Gasteiger partial charge is 0.339 e. The zero-order valence-electron chi connectivity index (χ0n) is 9.29. The molecule has 1 atom stereocenters. The lowest BCUT2D eigenvalue weighted by Gasteiger charge is -2.03. The van der Waals surface area contributed by atoms with Crippen molar-refractivity contribution in [3.05, 3.63) is 11.7 Å². The Kier molecular flexibility index (Phi) is 1.63. The fourth-order valence-electron chi connectivity index (χ4n) is 2.16. The smallest absolute Gasteiger partial charge is 0.234 e. The van der Waals surface area contributed by atoms with E-state index in [0.717, 1.165) is 24.6 Å². The molecule has 0 amide bonds. The molecule has 0 aromatic carbocycles. The lowest BCUT2D eigenvalue weighted by molar-refractivity contribution is 0.342. The number of rotatable bonds is 3. The van der Waals surface area contributed by atoms with Crippen LogP contribution in [0, 0.1) is 5.41 Å². The standard InChI is InChI=1S/C11H17N3O/c1-10(2)5-7(10)8-13-9(15-14-8)11(6-12)3-4-11/h7H,3-6,12H2,1-2H3. The Morgan fingerprint density at radius 1 is 1.47 bits per heavy atom. The van der Waals surface area contributed by atoms with Gasteiger partial charge in [0.25, 0.3) is 0 Å². The van der Waals surface area contributed by atoms with E-state index in [1.54, 1.807) is 0 Å². The van der Waals surface area contributed by atoms with Crippen molar-refractivity contribution in [1.82, 2.24) is 10.1 Å². The summed E-state index contributed by atoms with van der Waals surface area (Å²) in [5.41, 5.74) is 6.12. The quantitative estimate of drug-likeness (QED) is 0.817. The monoisotopic (exact) mass is 207 g/mol. The van der Waals surface area contributed by atoms with E-state index in [1.165, 1.54) is 6.42 Å². The van der Waals surface area contributed by atoms with E-state index in [2.05, 4.69) is 24.0 Å². The zero-order valence-corrected chi connectivity index (χ0v) is 9.29. The van der Waals surface area contributed by atoms with Gasteiger partial charge in [-0.25, -0.2) is 0 Å². The fourth-order valence-corrected chi connectivity index (χ4v) is 2.16. The fraction of sp³-hybridized carbons (Fsp3) is 0.818. The van der Waals surface area contributed by atoms with Crippen molar-refractivity contribution in [2.75, 3.05) is 6.54 Å². The van der Waals surface area contributed by atoms with Crippen LogP contribution in [0.1, 0.15) is 50.7 Å². The summed E-state index contributed by atoms with van der Waals surface area (Å²) in [5.74, 6) is 2.14. The SMILES string of the molecule is CC1(C)CC1c1noc(C2(CN)CC2)n1. The Hall–Kier alpha value is -0.900. The molecule has 2 aliphatic rings. The van der Waals surface area contributed by atoms with Crippen molar-refractivity contribution in [2.24, 2.45) is 11.1 Å². The maximum absolute atomic E-state index is 5.73. The van der Waals surface area contributed by atoms with Gasteiger partial charge in [0.15, 0.2) is 5.82 Å². The number of hydrogen-bond donors (Lipinski definition) is 1. The second-order valence-corrected chi connectivity index (χ2v) is 5.69. The molecule has 4 heteroatoms. The van der Waals surface area contributed by atoms with Gasteiger partial charge in [-0.2, -0.15) is 4.98 Å². The third-order valence-corrected chi connectivity index (χ3v) is 3.96. The number of nitrogens with zero attached hydrogens (tertiary/aromatic N) is 2. The average molecular weight is 207 g/mol. The lowest BCUT2D eigenvalue weighted by Crippen LogP contribution is -2.20. The van der Waals surface area contributed by atoms with E-state index < -0.39 is 0 Å². The van der Waals surface area contributed by atoms with E-state index in [-0.39, 0.29) is 5.41 Å². The number of hydrogen-bond acceptors (Lipinski definition) is 4. The molecule has 1 unspecified atom stereocenters. The highest BCUT2D eigenvalue weighted by Crippen LogP contribution is 2.58. The molecule has 82 valence electrons. The summed E-state index contributed by atoms with van der Waals surface area (Å²) < 4.78 is 5.34. The predicted octanol–water partition coefficient (Wildman–Crippen LogP) is 1.57. The summed E-state index contributed by atoms with van der Waals surface area (Å²) in [6.45, 7) is 5.11. The van der Waals surface area contributed by atoms with Crippen LogP contribution in [0.4, 0.5) is 0 Å². The van der Waals surface area contributed by atoms with E-state index in [0.29, 0.717) is 17.9 Å². The van der Waals surface area contributed by atoms with E-state index in [9.17, 15) is 0 Å². The molecule has 1 heterocycles. The van der Waals surface area contributed by atoms with Crippen molar-refractivity contribution in [2.45, 2.75) is 44.4 Å². The highest BCUT2D eigenvalue weighted by molar-refractivity contribution is 5.20. The minimum atomic E-state index is 0.0320.